The van der Waals surface area contributed by atoms with Gasteiger partial charge >= 0.3 is 0 Å². The highest BCUT2D eigenvalue weighted by Gasteiger charge is 2.16. The van der Waals surface area contributed by atoms with Crippen LogP contribution in [0.4, 0.5) is 5.69 Å². The van der Waals surface area contributed by atoms with Crippen LogP contribution in [0.5, 0.6) is 0 Å². The zero-order valence-corrected chi connectivity index (χ0v) is 7.86. The Labute approximate surface area is 84.5 Å². The number of aromatic nitrogens is 4. The van der Waals surface area contributed by atoms with Crippen molar-refractivity contribution in [3.63, 3.8) is 0 Å². The average Bonchev–Trinajstić information content (AvgIpc) is 2.64. The molecule has 1 aromatic heterocycles. The largest absolute Gasteiger partial charge is 0.295 e. The molecule has 0 saturated carbocycles. The van der Waals surface area contributed by atoms with Gasteiger partial charge in [-0.3, -0.25) is 10.1 Å². The molecule has 0 aliphatic heterocycles. The second kappa shape index (κ2) is 3.45. The Bertz CT molecular complexity index is 507. The number of rotatable bonds is 2. The van der Waals surface area contributed by atoms with Gasteiger partial charge in [0.25, 0.3) is 5.69 Å². The normalized spacial score (nSPS) is 10.2. The third-order valence-corrected chi connectivity index (χ3v) is 1.93. The van der Waals surface area contributed by atoms with Crippen LogP contribution in [0.15, 0.2) is 24.3 Å². The number of nitro groups is 1. The van der Waals surface area contributed by atoms with Gasteiger partial charge in [-0.1, -0.05) is 12.1 Å². The zero-order chi connectivity index (χ0) is 10.8. The molecule has 0 unspecified atom stereocenters. The van der Waals surface area contributed by atoms with E-state index >= 15 is 0 Å². The van der Waals surface area contributed by atoms with Gasteiger partial charge in [-0.15, -0.1) is 5.10 Å². The van der Waals surface area contributed by atoms with Crippen molar-refractivity contribution in [3.8, 4) is 5.69 Å². The lowest BCUT2D eigenvalue weighted by molar-refractivity contribution is -0.384. The third-order valence-electron chi connectivity index (χ3n) is 1.93. The minimum atomic E-state index is -0.462. The van der Waals surface area contributed by atoms with Crippen LogP contribution in [0.2, 0.25) is 0 Å². The summed E-state index contributed by atoms with van der Waals surface area (Å²) in [5, 5.41) is 21.5. The van der Waals surface area contributed by atoms with Gasteiger partial charge in [0.05, 0.1) is 4.92 Å². The molecule has 0 bridgehead atoms. The molecule has 0 saturated heterocycles. The molecule has 0 aliphatic carbocycles. The van der Waals surface area contributed by atoms with Crippen molar-refractivity contribution in [2.45, 2.75) is 6.92 Å². The average molecular weight is 205 g/mol. The maximum atomic E-state index is 10.8. The number of aryl methyl sites for hydroxylation is 1. The van der Waals surface area contributed by atoms with Crippen LogP contribution >= 0.6 is 0 Å². The molecule has 0 atom stereocenters. The van der Waals surface area contributed by atoms with Crippen molar-refractivity contribution in [1.82, 2.24) is 20.2 Å². The highest BCUT2D eigenvalue weighted by atomic mass is 16.6. The van der Waals surface area contributed by atoms with Gasteiger partial charge in [0.2, 0.25) is 0 Å². The monoisotopic (exact) mass is 205 g/mol. The minimum Gasteiger partial charge on any atom is -0.258 e. The third kappa shape index (κ3) is 1.54. The highest BCUT2D eigenvalue weighted by Crippen LogP contribution is 2.21. The van der Waals surface area contributed by atoms with Crippen LogP contribution in [0.1, 0.15) is 5.82 Å². The first-order valence-electron chi connectivity index (χ1n) is 4.19. The van der Waals surface area contributed by atoms with E-state index in [0.717, 1.165) is 0 Å². The van der Waals surface area contributed by atoms with Crippen molar-refractivity contribution in [3.05, 3.63) is 40.2 Å². The van der Waals surface area contributed by atoms with Crippen molar-refractivity contribution >= 4 is 5.69 Å². The van der Waals surface area contributed by atoms with Crippen LogP contribution in [0.3, 0.4) is 0 Å². The van der Waals surface area contributed by atoms with E-state index in [0.29, 0.717) is 11.5 Å². The fourth-order valence-electron chi connectivity index (χ4n) is 1.25. The Balaban J connectivity index is 2.63. The van der Waals surface area contributed by atoms with Crippen molar-refractivity contribution in [2.24, 2.45) is 0 Å². The van der Waals surface area contributed by atoms with E-state index in [1.807, 2.05) is 0 Å². The molecule has 2 rings (SSSR count). The van der Waals surface area contributed by atoms with Gasteiger partial charge < -0.3 is 0 Å². The summed E-state index contributed by atoms with van der Waals surface area (Å²) in [7, 11) is 0. The maximum Gasteiger partial charge on any atom is 0.295 e. The summed E-state index contributed by atoms with van der Waals surface area (Å²) >= 11 is 0. The van der Waals surface area contributed by atoms with Gasteiger partial charge in [-0.25, -0.2) is 0 Å². The van der Waals surface area contributed by atoms with E-state index in [1.165, 1.54) is 10.7 Å². The first kappa shape index (κ1) is 9.25. The fourth-order valence-corrected chi connectivity index (χ4v) is 1.25. The van der Waals surface area contributed by atoms with E-state index in [4.69, 9.17) is 0 Å². The maximum absolute atomic E-state index is 10.8. The molecule has 1 heterocycles. The van der Waals surface area contributed by atoms with E-state index in [-0.39, 0.29) is 5.69 Å². The molecule has 0 radical (unpaired) electrons. The summed E-state index contributed by atoms with van der Waals surface area (Å²) in [6.45, 7) is 1.68. The number of tetrazole rings is 1. The number of hydrogen-bond acceptors (Lipinski definition) is 5. The molecule has 0 spiro atoms. The number of hydrogen-bond donors (Lipinski definition) is 0. The van der Waals surface area contributed by atoms with Crippen LogP contribution in [0, 0.1) is 17.0 Å². The van der Waals surface area contributed by atoms with Gasteiger partial charge in [0.1, 0.15) is 5.69 Å². The van der Waals surface area contributed by atoms with Gasteiger partial charge in [0, 0.05) is 6.07 Å². The Hall–Kier alpha value is -2.31. The minimum absolute atomic E-state index is 0.0205. The zero-order valence-electron chi connectivity index (χ0n) is 7.86. The number of nitrogens with zero attached hydrogens (tertiary/aromatic N) is 5. The molecule has 7 heteroatoms. The first-order valence-corrected chi connectivity index (χ1v) is 4.19. The van der Waals surface area contributed by atoms with Crippen molar-refractivity contribution < 1.29 is 4.92 Å². The SMILES string of the molecule is Cc1nnnn1-c1ccccc1[N+](=O)[O-]. The first-order chi connectivity index (χ1) is 7.20. The van der Waals surface area contributed by atoms with Gasteiger partial charge in [-0.2, -0.15) is 4.68 Å². The molecular weight excluding hydrogens is 198 g/mol. The van der Waals surface area contributed by atoms with Crippen LogP contribution in [-0.4, -0.2) is 25.1 Å². The molecule has 0 fully saturated rings. The number of para-hydroxylation sites is 2. The summed E-state index contributed by atoms with van der Waals surface area (Å²) in [6, 6.07) is 6.31. The molecule has 76 valence electrons. The summed E-state index contributed by atoms with van der Waals surface area (Å²) in [5.74, 6) is 0.504. The second-order valence-electron chi connectivity index (χ2n) is 2.88. The summed E-state index contributed by atoms with van der Waals surface area (Å²) in [5.41, 5.74) is 0.345. The van der Waals surface area contributed by atoms with E-state index in [9.17, 15) is 10.1 Å². The quantitative estimate of drug-likeness (QED) is 0.536. The van der Waals surface area contributed by atoms with Gasteiger partial charge in [0.15, 0.2) is 5.82 Å². The molecule has 7 nitrogen and oxygen atoms in total. The van der Waals surface area contributed by atoms with E-state index in [2.05, 4.69) is 15.5 Å². The standard InChI is InChI=1S/C8H7N5O2/c1-6-9-10-11-12(6)7-4-2-3-5-8(7)13(14)15/h2-5H,1H3. The number of nitro benzene ring substituents is 1. The lowest BCUT2D eigenvalue weighted by atomic mass is 10.3. The molecule has 0 N–H and O–H groups in total. The Morgan fingerprint density at radius 2 is 2.13 bits per heavy atom. The molecular formula is C8H7N5O2. The summed E-state index contributed by atoms with van der Waals surface area (Å²) < 4.78 is 1.33. The molecule has 2 aromatic rings. The van der Waals surface area contributed by atoms with Crippen LogP contribution < -0.4 is 0 Å². The van der Waals surface area contributed by atoms with E-state index < -0.39 is 4.92 Å². The summed E-state index contributed by atoms with van der Waals surface area (Å²) in [4.78, 5) is 10.3. The predicted octanol–water partition coefficient (Wildman–Crippen LogP) is 0.879. The second-order valence-corrected chi connectivity index (χ2v) is 2.88. The Morgan fingerprint density at radius 3 is 2.73 bits per heavy atom. The lowest BCUT2D eigenvalue weighted by Crippen LogP contribution is -2.03. The smallest absolute Gasteiger partial charge is 0.258 e. The highest BCUT2D eigenvalue weighted by molar-refractivity contribution is 5.51. The van der Waals surface area contributed by atoms with Crippen LogP contribution in [-0.2, 0) is 0 Å². The topological polar surface area (TPSA) is 86.7 Å². The molecule has 1 aromatic carbocycles. The van der Waals surface area contributed by atoms with E-state index in [1.54, 1.807) is 25.1 Å². The van der Waals surface area contributed by atoms with Crippen molar-refractivity contribution in [2.75, 3.05) is 0 Å². The molecule has 0 amide bonds. The van der Waals surface area contributed by atoms with Crippen molar-refractivity contribution in [1.29, 1.82) is 0 Å². The molecule has 0 aliphatic rings. The predicted molar refractivity (Wildman–Crippen MR) is 50.5 cm³/mol. The molecule has 15 heavy (non-hydrogen) atoms. The number of benzene rings is 1. The fraction of sp³-hybridized carbons (Fsp3) is 0.125. The Morgan fingerprint density at radius 1 is 1.40 bits per heavy atom. The lowest BCUT2D eigenvalue weighted by Gasteiger charge is -2.01. The van der Waals surface area contributed by atoms with Crippen LogP contribution in [0.25, 0.3) is 5.69 Å². The van der Waals surface area contributed by atoms with Gasteiger partial charge in [-0.05, 0) is 23.4 Å². The Kier molecular flexibility index (Phi) is 2.13. The summed E-state index contributed by atoms with van der Waals surface area (Å²) in [6.07, 6.45) is 0.